The van der Waals surface area contributed by atoms with Gasteiger partial charge in [-0.05, 0) is 64.7 Å². The van der Waals surface area contributed by atoms with Crippen LogP contribution < -0.4 is 17.0 Å². The van der Waals surface area contributed by atoms with Crippen LogP contribution in [0.25, 0.3) is 0 Å². The highest BCUT2D eigenvalue weighted by Crippen LogP contribution is 2.30. The van der Waals surface area contributed by atoms with Crippen molar-refractivity contribution in [3.05, 3.63) is 141 Å². The summed E-state index contributed by atoms with van der Waals surface area (Å²) in [7, 11) is 0. The SMILES string of the molecule is Cl.FC(F)(F)Cc1ccc(Cl)cc1.NNc1cc(CC(F)(F)F)ccc1Cl.Nc1cc(CC(F)(F)F)ccc1Cl.O=[N+]([O-])O.O=[N+]([O-])c1cc(CC(F)(F)F)ccc1Cl. The molecule has 0 atom stereocenters. The fourth-order valence-electron chi connectivity index (χ4n) is 3.83. The lowest BCUT2D eigenvalue weighted by atomic mass is 10.1. The number of nitrogen functional groups attached to an aromatic ring is 2. The molecule has 0 aliphatic carbocycles. The van der Waals surface area contributed by atoms with Gasteiger partial charge in [0, 0.05) is 11.1 Å². The minimum absolute atomic E-state index is 0. The number of nitrogens with one attached hydrogen (secondary N) is 1. The van der Waals surface area contributed by atoms with E-state index in [0.29, 0.717) is 10.0 Å². The summed E-state index contributed by atoms with van der Waals surface area (Å²) in [5.74, 6) is 5.07. The zero-order chi connectivity index (χ0) is 45.2. The lowest BCUT2D eigenvalue weighted by Crippen LogP contribution is -2.13. The normalized spacial score (nSPS) is 11.0. The number of hydrazine groups is 1. The molecule has 27 heteroatoms. The van der Waals surface area contributed by atoms with Gasteiger partial charge in [-0.15, -0.1) is 22.5 Å². The van der Waals surface area contributed by atoms with E-state index in [-0.39, 0.29) is 56.1 Å². The first kappa shape index (κ1) is 56.7. The number of alkyl halides is 12. The first-order valence-electron chi connectivity index (χ1n) is 14.9. The van der Waals surface area contributed by atoms with Gasteiger partial charge < -0.3 is 16.4 Å². The van der Waals surface area contributed by atoms with E-state index in [1.807, 2.05) is 0 Å². The fraction of sp³-hybridized carbons (Fsp3) is 0.250. The molecule has 0 aromatic heterocycles. The average Bonchev–Trinajstić information content (AvgIpc) is 3.04. The zero-order valence-corrected chi connectivity index (χ0v) is 32.8. The van der Waals surface area contributed by atoms with Gasteiger partial charge in [0.05, 0.1) is 52.0 Å². The van der Waals surface area contributed by atoms with Gasteiger partial charge in [-0.25, -0.2) is 0 Å². The molecule has 0 aliphatic heterocycles. The van der Waals surface area contributed by atoms with Crippen LogP contribution in [0.4, 0.5) is 69.7 Å². The molecule has 4 aromatic rings. The van der Waals surface area contributed by atoms with Gasteiger partial charge in [0.1, 0.15) is 5.02 Å². The molecular formula is C32H28Cl5F12N5O5. The highest BCUT2D eigenvalue weighted by atomic mass is 35.5. The van der Waals surface area contributed by atoms with Crippen molar-refractivity contribution in [2.45, 2.75) is 50.4 Å². The number of halogens is 17. The van der Waals surface area contributed by atoms with Crippen molar-refractivity contribution in [3.63, 3.8) is 0 Å². The van der Waals surface area contributed by atoms with Crippen LogP contribution in [0, 0.1) is 20.2 Å². The largest absolute Gasteiger partial charge is 0.398 e. The third-order valence-electron chi connectivity index (χ3n) is 5.99. The Balaban J connectivity index is 0. The van der Waals surface area contributed by atoms with Gasteiger partial charge in [-0.3, -0.25) is 16.0 Å². The molecule has 4 aromatic carbocycles. The maximum Gasteiger partial charge on any atom is 0.393 e. The molecule has 0 saturated heterocycles. The fourth-order valence-corrected chi connectivity index (χ4v) is 4.43. The van der Waals surface area contributed by atoms with Crippen LogP contribution in [0.1, 0.15) is 22.3 Å². The Hall–Kier alpha value is -4.35. The topological polar surface area (TPSA) is 171 Å². The van der Waals surface area contributed by atoms with E-state index in [1.54, 1.807) is 0 Å². The van der Waals surface area contributed by atoms with Crippen molar-refractivity contribution in [3.8, 4) is 0 Å². The first-order valence-corrected chi connectivity index (χ1v) is 16.4. The molecule has 0 heterocycles. The highest BCUT2D eigenvalue weighted by Gasteiger charge is 2.30. The molecule has 330 valence electrons. The van der Waals surface area contributed by atoms with Crippen molar-refractivity contribution in [1.82, 2.24) is 0 Å². The van der Waals surface area contributed by atoms with Crippen LogP contribution in [0.3, 0.4) is 0 Å². The number of nitrogens with two attached hydrogens (primary N) is 2. The van der Waals surface area contributed by atoms with Gasteiger partial charge in [-0.2, -0.15) is 52.7 Å². The lowest BCUT2D eigenvalue weighted by molar-refractivity contribution is -0.742. The number of rotatable bonds is 6. The molecule has 4 rings (SSSR count). The van der Waals surface area contributed by atoms with Crippen LogP contribution in [0.5, 0.6) is 0 Å². The number of hydrogen-bond acceptors (Lipinski definition) is 7. The third-order valence-corrected chi connectivity index (χ3v) is 7.23. The van der Waals surface area contributed by atoms with Crippen LogP contribution >= 0.6 is 58.8 Å². The first-order chi connectivity index (χ1) is 26.3. The monoisotopic (exact) mass is 965 g/mol. The Morgan fingerprint density at radius 3 is 1.24 bits per heavy atom. The second kappa shape index (κ2) is 25.3. The molecule has 0 aliphatic rings. The number of nitro benzene ring substituents is 1. The van der Waals surface area contributed by atoms with Crippen molar-refractivity contribution in [1.29, 1.82) is 0 Å². The van der Waals surface area contributed by atoms with Crippen LogP contribution in [0.2, 0.25) is 20.1 Å². The summed E-state index contributed by atoms with van der Waals surface area (Å²) in [6, 6.07) is 16.5. The second-order valence-electron chi connectivity index (χ2n) is 10.9. The lowest BCUT2D eigenvalue weighted by Gasteiger charge is -2.09. The predicted octanol–water partition coefficient (Wildman–Crippen LogP) is 12.6. The van der Waals surface area contributed by atoms with E-state index >= 15 is 0 Å². The third kappa shape index (κ3) is 28.7. The van der Waals surface area contributed by atoms with E-state index in [2.05, 4.69) is 5.43 Å². The summed E-state index contributed by atoms with van der Waals surface area (Å²) in [6.07, 6.45) is -21.0. The summed E-state index contributed by atoms with van der Waals surface area (Å²) in [5.41, 5.74) is 7.79. The van der Waals surface area contributed by atoms with Crippen molar-refractivity contribution >= 4 is 75.9 Å². The van der Waals surface area contributed by atoms with Crippen molar-refractivity contribution in [2.24, 2.45) is 5.84 Å². The van der Waals surface area contributed by atoms with Gasteiger partial charge in [0.2, 0.25) is 0 Å². The van der Waals surface area contributed by atoms with Gasteiger partial charge in [0.25, 0.3) is 10.8 Å². The molecule has 6 N–H and O–H groups in total. The Labute approximate surface area is 351 Å². The quantitative estimate of drug-likeness (QED) is 0.0486. The number of nitro groups is 1. The molecular weight excluding hydrogens is 940 g/mol. The average molecular weight is 968 g/mol. The highest BCUT2D eigenvalue weighted by molar-refractivity contribution is 6.33. The van der Waals surface area contributed by atoms with Crippen LogP contribution in [0.15, 0.2) is 78.9 Å². The standard InChI is InChI=1S/C8H8ClF3N2.C8H5ClF3NO2.C8H7ClF3N.C8H6ClF3.ClH.HNO3/c9-6-2-1-5(3-7(6)14-13)4-8(10,11)12;9-6-2-1-5(4-8(10,11)12)3-7(6)13(14)15;9-6-2-1-5(3-7(6)13)4-8(10,11)12;9-7-3-1-6(2-4-7)5-8(10,11)12;;2-1(3)4/h1-3,14H,4,13H2;1-3H,4H2;1-3H,4,13H2;1-4H,5H2;1H;(H,2,3,4). The Morgan fingerprint density at radius 1 is 0.559 bits per heavy atom. The van der Waals surface area contributed by atoms with E-state index in [1.165, 1.54) is 60.7 Å². The minimum Gasteiger partial charge on any atom is -0.398 e. The smallest absolute Gasteiger partial charge is 0.393 e. The molecule has 0 spiro atoms. The molecule has 0 radical (unpaired) electrons. The van der Waals surface area contributed by atoms with Crippen LogP contribution in [-0.2, 0) is 25.7 Å². The van der Waals surface area contributed by atoms with Crippen molar-refractivity contribution in [2.75, 3.05) is 11.2 Å². The molecule has 0 unspecified atom stereocenters. The number of anilines is 2. The Morgan fingerprint density at radius 2 is 0.881 bits per heavy atom. The molecule has 59 heavy (non-hydrogen) atoms. The maximum atomic E-state index is 12.0. The van der Waals surface area contributed by atoms with Gasteiger partial charge in [-0.1, -0.05) is 76.7 Å². The minimum atomic E-state index is -4.39. The number of nitrogens with zero attached hydrogens (tertiary/aromatic N) is 2. The molecule has 0 saturated carbocycles. The van der Waals surface area contributed by atoms with Crippen molar-refractivity contribution < 1.29 is 67.9 Å². The zero-order valence-electron chi connectivity index (χ0n) is 28.9. The summed E-state index contributed by atoms with van der Waals surface area (Å²) < 4.78 is 143. The van der Waals surface area contributed by atoms with E-state index < -0.39 is 66.1 Å². The van der Waals surface area contributed by atoms with Gasteiger partial charge >= 0.3 is 24.7 Å². The molecule has 10 nitrogen and oxygen atoms in total. The van der Waals surface area contributed by atoms with E-state index in [9.17, 15) is 62.8 Å². The Bertz CT molecular complexity index is 1920. The Kier molecular flexibility index (Phi) is 24.3. The summed E-state index contributed by atoms with van der Waals surface area (Å²) in [6.45, 7) is 0. The van der Waals surface area contributed by atoms with E-state index in [0.717, 1.165) is 18.2 Å². The summed E-state index contributed by atoms with van der Waals surface area (Å²) in [4.78, 5) is 17.9. The van der Waals surface area contributed by atoms with Crippen LogP contribution in [-0.4, -0.2) is 39.9 Å². The second-order valence-corrected chi connectivity index (χ2v) is 12.5. The molecule has 0 fully saturated rings. The summed E-state index contributed by atoms with van der Waals surface area (Å²) >= 11 is 22.1. The van der Waals surface area contributed by atoms with Gasteiger partial charge in [0.15, 0.2) is 0 Å². The van der Waals surface area contributed by atoms with E-state index in [4.69, 9.17) is 73.3 Å². The molecule has 0 amide bonds. The maximum absolute atomic E-state index is 12.0. The number of hydrogen-bond donors (Lipinski definition) is 4. The predicted molar refractivity (Wildman–Crippen MR) is 200 cm³/mol. The molecule has 0 bridgehead atoms. The summed E-state index contributed by atoms with van der Waals surface area (Å²) in [5, 5.41) is 24.8. The number of benzene rings is 4.